The highest BCUT2D eigenvalue weighted by Gasteiger charge is 2.11. The Morgan fingerprint density at radius 3 is 2.89 bits per heavy atom. The summed E-state index contributed by atoms with van der Waals surface area (Å²) in [6, 6.07) is 7.08. The van der Waals surface area contributed by atoms with Gasteiger partial charge in [-0.25, -0.2) is 4.98 Å². The van der Waals surface area contributed by atoms with Gasteiger partial charge in [0.05, 0.1) is 7.11 Å². The highest BCUT2D eigenvalue weighted by atomic mass is 16.5. The molecule has 0 fully saturated rings. The van der Waals surface area contributed by atoms with Gasteiger partial charge in [0, 0.05) is 11.6 Å². The van der Waals surface area contributed by atoms with Crippen molar-refractivity contribution in [2.45, 2.75) is 13.0 Å². The maximum Gasteiger partial charge on any atom is 0.239 e. The molecule has 1 atom stereocenters. The molecule has 0 radical (unpaired) electrons. The molecule has 1 aromatic carbocycles. The summed E-state index contributed by atoms with van der Waals surface area (Å²) in [6.07, 6.45) is 1.68. The second-order valence-electron chi connectivity index (χ2n) is 4.02. The van der Waals surface area contributed by atoms with Crippen LogP contribution < -0.4 is 15.8 Å². The number of aromatic nitrogens is 1. The first-order valence-electron chi connectivity index (χ1n) is 5.60. The van der Waals surface area contributed by atoms with Gasteiger partial charge < -0.3 is 15.8 Å². The Morgan fingerprint density at radius 2 is 2.22 bits per heavy atom. The van der Waals surface area contributed by atoms with E-state index in [-0.39, 0.29) is 0 Å². The minimum Gasteiger partial charge on any atom is -0.497 e. The molecule has 0 aliphatic carbocycles. The Kier molecular flexibility index (Phi) is 3.32. The molecule has 3 N–H and O–H groups in total. The Labute approximate surface area is 105 Å². The summed E-state index contributed by atoms with van der Waals surface area (Å²) in [5.74, 6) is 1.01. The van der Waals surface area contributed by atoms with Crippen molar-refractivity contribution in [1.82, 2.24) is 4.98 Å². The van der Waals surface area contributed by atoms with Gasteiger partial charge in [-0.15, -0.1) is 0 Å². The Bertz CT molecular complexity index is 583. The van der Waals surface area contributed by atoms with E-state index in [2.05, 4.69) is 10.3 Å². The summed E-state index contributed by atoms with van der Waals surface area (Å²) in [7, 11) is 1.62. The van der Waals surface area contributed by atoms with Crippen LogP contribution in [0.25, 0.3) is 10.8 Å². The average Bonchev–Trinajstić information content (AvgIpc) is 2.38. The number of amides is 1. The molecule has 1 aromatic heterocycles. The number of methoxy groups -OCH3 is 1. The molecule has 1 amide bonds. The fraction of sp³-hybridized carbons (Fsp3) is 0.231. The predicted octanol–water partition coefficient (Wildman–Crippen LogP) is 1.53. The molecule has 1 unspecified atom stereocenters. The zero-order valence-electron chi connectivity index (χ0n) is 10.3. The van der Waals surface area contributed by atoms with Crippen molar-refractivity contribution in [3.63, 3.8) is 0 Å². The summed E-state index contributed by atoms with van der Waals surface area (Å²) < 4.78 is 5.17. The van der Waals surface area contributed by atoms with Crippen LogP contribution in [-0.2, 0) is 4.79 Å². The molecule has 18 heavy (non-hydrogen) atoms. The van der Waals surface area contributed by atoms with Crippen molar-refractivity contribution in [2.75, 3.05) is 12.4 Å². The molecular formula is C13H15N3O2. The van der Waals surface area contributed by atoms with Crippen molar-refractivity contribution in [3.8, 4) is 5.75 Å². The smallest absolute Gasteiger partial charge is 0.239 e. The molecule has 0 saturated heterocycles. The van der Waals surface area contributed by atoms with Gasteiger partial charge in [0.15, 0.2) is 0 Å². The number of nitrogens with zero attached hydrogens (tertiary/aromatic N) is 1. The van der Waals surface area contributed by atoms with Crippen LogP contribution >= 0.6 is 0 Å². The number of nitrogens with one attached hydrogen (secondary N) is 1. The molecule has 2 aromatic rings. The first-order valence-corrected chi connectivity index (χ1v) is 5.60. The van der Waals surface area contributed by atoms with E-state index in [9.17, 15) is 4.79 Å². The van der Waals surface area contributed by atoms with E-state index in [0.717, 1.165) is 16.5 Å². The Morgan fingerprint density at radius 1 is 1.44 bits per heavy atom. The second-order valence-corrected chi connectivity index (χ2v) is 4.02. The van der Waals surface area contributed by atoms with Gasteiger partial charge in [-0.2, -0.15) is 0 Å². The zero-order valence-corrected chi connectivity index (χ0v) is 10.3. The van der Waals surface area contributed by atoms with Crippen LogP contribution in [0.15, 0.2) is 30.5 Å². The number of hydrogen-bond donors (Lipinski definition) is 2. The van der Waals surface area contributed by atoms with Crippen molar-refractivity contribution in [2.24, 2.45) is 5.73 Å². The number of carbonyl (C=O) groups is 1. The lowest BCUT2D eigenvalue weighted by molar-refractivity contribution is -0.118. The lowest BCUT2D eigenvalue weighted by Crippen LogP contribution is -2.32. The van der Waals surface area contributed by atoms with E-state index < -0.39 is 11.9 Å². The van der Waals surface area contributed by atoms with Crippen molar-refractivity contribution < 1.29 is 9.53 Å². The van der Waals surface area contributed by atoms with E-state index >= 15 is 0 Å². The molecule has 5 nitrogen and oxygen atoms in total. The molecule has 5 heteroatoms. The fourth-order valence-corrected chi connectivity index (χ4v) is 1.67. The second kappa shape index (κ2) is 4.91. The average molecular weight is 245 g/mol. The van der Waals surface area contributed by atoms with E-state index in [4.69, 9.17) is 10.5 Å². The van der Waals surface area contributed by atoms with Crippen LogP contribution in [0.4, 0.5) is 5.82 Å². The zero-order chi connectivity index (χ0) is 13.1. The van der Waals surface area contributed by atoms with Crippen LogP contribution in [0, 0.1) is 0 Å². The lowest BCUT2D eigenvalue weighted by atomic mass is 10.1. The molecular weight excluding hydrogens is 230 g/mol. The number of benzene rings is 1. The predicted molar refractivity (Wildman–Crippen MR) is 70.6 cm³/mol. The minimum absolute atomic E-state index is 0.415. The third kappa shape index (κ3) is 2.34. The number of fused-ring (bicyclic) bond motifs is 1. The fourth-order valence-electron chi connectivity index (χ4n) is 1.67. The Hall–Kier alpha value is -2.30. The number of carbonyl (C=O) groups excluding carboxylic acids is 1. The maximum atomic E-state index is 11.1. The SMILES string of the molecule is COc1ccc2c(NC(C)C(N)=O)nccc2c1. The highest BCUT2D eigenvalue weighted by Crippen LogP contribution is 2.25. The molecule has 0 aliphatic rings. The van der Waals surface area contributed by atoms with Crippen molar-refractivity contribution >= 4 is 22.5 Å². The monoisotopic (exact) mass is 245 g/mol. The van der Waals surface area contributed by atoms with E-state index in [1.165, 1.54) is 0 Å². The number of anilines is 1. The highest BCUT2D eigenvalue weighted by molar-refractivity contribution is 5.94. The largest absolute Gasteiger partial charge is 0.497 e. The topological polar surface area (TPSA) is 77.2 Å². The van der Waals surface area contributed by atoms with Crippen LogP contribution in [0.1, 0.15) is 6.92 Å². The van der Waals surface area contributed by atoms with Gasteiger partial charge in [-0.3, -0.25) is 4.79 Å². The molecule has 1 heterocycles. The maximum absolute atomic E-state index is 11.1. The normalized spacial score (nSPS) is 12.1. The quantitative estimate of drug-likeness (QED) is 0.856. The van der Waals surface area contributed by atoms with Crippen LogP contribution in [0.2, 0.25) is 0 Å². The first kappa shape index (κ1) is 12.2. The third-order valence-corrected chi connectivity index (χ3v) is 2.75. The standard InChI is InChI=1S/C13H15N3O2/c1-8(12(14)17)16-13-11-4-3-10(18-2)7-9(11)5-6-15-13/h3-8H,1-2H3,(H2,14,17)(H,15,16). The van der Waals surface area contributed by atoms with Gasteiger partial charge in [-0.05, 0) is 36.6 Å². The molecule has 2 rings (SSSR count). The van der Waals surface area contributed by atoms with Gasteiger partial charge >= 0.3 is 0 Å². The number of nitrogens with two attached hydrogens (primary N) is 1. The molecule has 0 bridgehead atoms. The number of rotatable bonds is 4. The molecule has 0 saturated carbocycles. The van der Waals surface area contributed by atoms with Crippen LogP contribution in [0.3, 0.4) is 0 Å². The summed E-state index contributed by atoms with van der Waals surface area (Å²) in [5, 5.41) is 4.91. The molecule has 94 valence electrons. The van der Waals surface area contributed by atoms with Gasteiger partial charge in [0.1, 0.15) is 17.6 Å². The summed E-state index contributed by atoms with van der Waals surface area (Å²) in [6.45, 7) is 1.70. The third-order valence-electron chi connectivity index (χ3n) is 2.75. The summed E-state index contributed by atoms with van der Waals surface area (Å²) >= 11 is 0. The van der Waals surface area contributed by atoms with E-state index in [1.807, 2.05) is 24.3 Å². The van der Waals surface area contributed by atoms with Crippen LogP contribution in [0.5, 0.6) is 5.75 Å². The van der Waals surface area contributed by atoms with Gasteiger partial charge in [0.25, 0.3) is 0 Å². The Balaban J connectivity index is 2.42. The van der Waals surface area contributed by atoms with Gasteiger partial charge in [0.2, 0.25) is 5.91 Å². The summed E-state index contributed by atoms with van der Waals surface area (Å²) in [5.41, 5.74) is 5.22. The number of ether oxygens (including phenoxy) is 1. The van der Waals surface area contributed by atoms with Gasteiger partial charge in [-0.1, -0.05) is 0 Å². The van der Waals surface area contributed by atoms with Crippen LogP contribution in [-0.4, -0.2) is 24.0 Å². The van der Waals surface area contributed by atoms with Crippen molar-refractivity contribution in [3.05, 3.63) is 30.5 Å². The first-order chi connectivity index (χ1) is 8.61. The summed E-state index contributed by atoms with van der Waals surface area (Å²) in [4.78, 5) is 15.3. The van der Waals surface area contributed by atoms with E-state index in [0.29, 0.717) is 5.82 Å². The van der Waals surface area contributed by atoms with Crippen molar-refractivity contribution in [1.29, 1.82) is 0 Å². The molecule has 0 spiro atoms. The van der Waals surface area contributed by atoms with E-state index in [1.54, 1.807) is 20.2 Å². The molecule has 0 aliphatic heterocycles. The number of hydrogen-bond acceptors (Lipinski definition) is 4. The minimum atomic E-state index is -0.467. The number of primary amides is 1. The number of pyridine rings is 1. The lowest BCUT2D eigenvalue weighted by Gasteiger charge is -2.13.